The largest absolute Gasteiger partial charge is 0.481 e. The first kappa shape index (κ1) is 15.8. The second-order valence-corrected chi connectivity index (χ2v) is 6.54. The summed E-state index contributed by atoms with van der Waals surface area (Å²) >= 11 is 0. The van der Waals surface area contributed by atoms with Gasteiger partial charge in [-0.15, -0.1) is 0 Å². The van der Waals surface area contributed by atoms with Gasteiger partial charge in [-0.1, -0.05) is 30.3 Å². The summed E-state index contributed by atoms with van der Waals surface area (Å²) in [6.07, 6.45) is 0.974. The Hall–Kier alpha value is -2.66. The van der Waals surface area contributed by atoms with Gasteiger partial charge in [-0.2, -0.15) is 0 Å². The van der Waals surface area contributed by atoms with Gasteiger partial charge in [-0.05, 0) is 40.8 Å². The first-order chi connectivity index (χ1) is 12.1. The number of amides is 1. The molecule has 128 valence electrons. The summed E-state index contributed by atoms with van der Waals surface area (Å²) in [6, 6.07) is 14.1. The first-order valence-electron chi connectivity index (χ1n) is 8.45. The molecule has 1 amide bonds. The fourth-order valence-corrected chi connectivity index (χ4v) is 3.64. The zero-order valence-corrected chi connectivity index (χ0v) is 13.8. The average Bonchev–Trinajstić information content (AvgIpc) is 3.03. The van der Waals surface area contributed by atoms with Crippen LogP contribution in [0.2, 0.25) is 0 Å². The molecular formula is C20H19NO4. The molecule has 1 N–H and O–H groups in total. The molecular weight excluding hydrogens is 318 g/mol. The molecule has 0 spiro atoms. The van der Waals surface area contributed by atoms with Crippen molar-refractivity contribution < 1.29 is 19.4 Å². The quantitative estimate of drug-likeness (QED) is 0.935. The summed E-state index contributed by atoms with van der Waals surface area (Å²) in [5, 5.41) is 9.11. The van der Waals surface area contributed by atoms with E-state index in [1.165, 1.54) is 16.7 Å². The van der Waals surface area contributed by atoms with Crippen LogP contribution in [0.5, 0.6) is 0 Å². The number of carbonyl (C=O) groups excluding carboxylic acids is 1. The lowest BCUT2D eigenvalue weighted by molar-refractivity contribution is -0.141. The molecule has 1 saturated heterocycles. The predicted octanol–water partition coefficient (Wildman–Crippen LogP) is 2.86. The zero-order chi connectivity index (χ0) is 17.4. The third kappa shape index (κ3) is 2.91. The third-order valence-corrected chi connectivity index (χ3v) is 4.99. The Morgan fingerprint density at radius 3 is 2.68 bits per heavy atom. The fraction of sp³-hybridized carbons (Fsp3) is 0.300. The smallest absolute Gasteiger partial charge is 0.308 e. The Balaban J connectivity index is 1.61. The van der Waals surface area contributed by atoms with Crippen LogP contribution in [0.4, 0.5) is 5.69 Å². The highest BCUT2D eigenvalue weighted by molar-refractivity contribution is 5.99. The summed E-state index contributed by atoms with van der Waals surface area (Å²) < 4.78 is 5.52. The lowest BCUT2D eigenvalue weighted by Crippen LogP contribution is -2.25. The minimum atomic E-state index is -0.911. The zero-order valence-electron chi connectivity index (χ0n) is 13.8. The third-order valence-electron chi connectivity index (χ3n) is 4.99. The molecule has 0 aromatic heterocycles. The Labute approximate surface area is 145 Å². The van der Waals surface area contributed by atoms with Crippen LogP contribution in [-0.2, 0) is 27.4 Å². The van der Waals surface area contributed by atoms with E-state index in [1.807, 2.05) is 30.3 Å². The van der Waals surface area contributed by atoms with Crippen molar-refractivity contribution in [2.45, 2.75) is 19.4 Å². The van der Waals surface area contributed by atoms with Crippen LogP contribution < -0.4 is 4.90 Å². The molecule has 2 aromatic carbocycles. The van der Waals surface area contributed by atoms with E-state index in [4.69, 9.17) is 9.84 Å². The number of anilines is 1. The maximum atomic E-state index is 12.1. The van der Waals surface area contributed by atoms with Gasteiger partial charge in [0.25, 0.3) is 0 Å². The summed E-state index contributed by atoms with van der Waals surface area (Å²) in [5.41, 5.74) is 5.61. The van der Waals surface area contributed by atoms with E-state index in [-0.39, 0.29) is 18.9 Å². The highest BCUT2D eigenvalue weighted by Gasteiger charge is 2.35. The van der Waals surface area contributed by atoms with Crippen molar-refractivity contribution in [3.05, 3.63) is 53.6 Å². The standard InChI is InChI=1S/C20H19NO4/c22-19-10-15(20(23)24)11-21(19)16-6-4-13(5-7-16)17-3-1-2-14-12-25-9-8-18(14)17/h1-7,15H,8-12H2,(H,23,24). The molecule has 5 heteroatoms. The number of carboxylic acids is 1. The molecule has 1 atom stereocenters. The van der Waals surface area contributed by atoms with Crippen LogP contribution in [0.3, 0.4) is 0 Å². The maximum Gasteiger partial charge on any atom is 0.308 e. The number of aliphatic carboxylic acids is 1. The molecule has 4 rings (SSSR count). The summed E-state index contributed by atoms with van der Waals surface area (Å²) in [4.78, 5) is 24.8. The fourth-order valence-electron chi connectivity index (χ4n) is 3.64. The molecule has 1 fully saturated rings. The van der Waals surface area contributed by atoms with E-state index < -0.39 is 11.9 Å². The highest BCUT2D eigenvalue weighted by Crippen LogP contribution is 2.32. The van der Waals surface area contributed by atoms with Crippen molar-refractivity contribution in [2.75, 3.05) is 18.1 Å². The van der Waals surface area contributed by atoms with Gasteiger partial charge >= 0.3 is 5.97 Å². The molecule has 2 aromatic rings. The second-order valence-electron chi connectivity index (χ2n) is 6.54. The van der Waals surface area contributed by atoms with E-state index >= 15 is 0 Å². The molecule has 0 saturated carbocycles. The van der Waals surface area contributed by atoms with Crippen molar-refractivity contribution in [3.8, 4) is 11.1 Å². The number of fused-ring (bicyclic) bond motifs is 1. The van der Waals surface area contributed by atoms with E-state index in [9.17, 15) is 9.59 Å². The monoisotopic (exact) mass is 337 g/mol. The first-order valence-corrected chi connectivity index (χ1v) is 8.45. The highest BCUT2D eigenvalue weighted by atomic mass is 16.5. The van der Waals surface area contributed by atoms with E-state index in [1.54, 1.807) is 4.90 Å². The molecule has 2 aliphatic heterocycles. The van der Waals surface area contributed by atoms with E-state index in [0.29, 0.717) is 6.61 Å². The summed E-state index contributed by atoms with van der Waals surface area (Å²) in [7, 11) is 0. The van der Waals surface area contributed by atoms with Crippen molar-refractivity contribution in [1.29, 1.82) is 0 Å². The molecule has 0 radical (unpaired) electrons. The molecule has 25 heavy (non-hydrogen) atoms. The lowest BCUT2D eigenvalue weighted by atomic mass is 9.92. The Morgan fingerprint density at radius 2 is 1.96 bits per heavy atom. The van der Waals surface area contributed by atoms with Crippen LogP contribution in [0.25, 0.3) is 11.1 Å². The van der Waals surface area contributed by atoms with E-state index in [0.717, 1.165) is 24.3 Å². The van der Waals surface area contributed by atoms with Gasteiger partial charge < -0.3 is 14.7 Å². The van der Waals surface area contributed by atoms with Gasteiger partial charge in [-0.25, -0.2) is 0 Å². The minimum absolute atomic E-state index is 0.0727. The number of hydrogen-bond donors (Lipinski definition) is 1. The number of rotatable bonds is 3. The minimum Gasteiger partial charge on any atom is -0.481 e. The van der Waals surface area contributed by atoms with Crippen molar-refractivity contribution >= 4 is 17.6 Å². The topological polar surface area (TPSA) is 66.8 Å². The van der Waals surface area contributed by atoms with Crippen LogP contribution in [0, 0.1) is 5.92 Å². The number of benzene rings is 2. The van der Waals surface area contributed by atoms with Gasteiger partial charge in [0, 0.05) is 18.7 Å². The van der Waals surface area contributed by atoms with Gasteiger partial charge in [0.15, 0.2) is 0 Å². The SMILES string of the molecule is O=C(O)C1CC(=O)N(c2ccc(-c3cccc4c3CCOC4)cc2)C1. The molecule has 0 aliphatic carbocycles. The molecule has 1 unspecified atom stereocenters. The Bertz CT molecular complexity index is 828. The normalized spacial score (nSPS) is 19.8. The average molecular weight is 337 g/mol. The van der Waals surface area contributed by atoms with Crippen molar-refractivity contribution in [1.82, 2.24) is 0 Å². The molecule has 0 bridgehead atoms. The summed E-state index contributed by atoms with van der Waals surface area (Å²) in [5.74, 6) is -1.66. The predicted molar refractivity (Wildman–Crippen MR) is 93.3 cm³/mol. The van der Waals surface area contributed by atoms with Gasteiger partial charge in [0.05, 0.1) is 19.1 Å². The number of carboxylic acid groups (broad SMARTS) is 1. The molecule has 2 heterocycles. The van der Waals surface area contributed by atoms with Gasteiger partial charge in [0.1, 0.15) is 0 Å². The van der Waals surface area contributed by atoms with Crippen LogP contribution >= 0.6 is 0 Å². The van der Waals surface area contributed by atoms with E-state index in [2.05, 4.69) is 12.1 Å². The Kier molecular flexibility index (Phi) is 4.01. The van der Waals surface area contributed by atoms with Gasteiger partial charge in [0.2, 0.25) is 5.91 Å². The lowest BCUT2D eigenvalue weighted by Gasteiger charge is -2.21. The second kappa shape index (κ2) is 6.33. The maximum absolute atomic E-state index is 12.1. The van der Waals surface area contributed by atoms with Crippen LogP contribution in [0.15, 0.2) is 42.5 Å². The van der Waals surface area contributed by atoms with Crippen LogP contribution in [0.1, 0.15) is 17.5 Å². The number of ether oxygens (including phenoxy) is 1. The number of hydrogen-bond acceptors (Lipinski definition) is 3. The number of nitrogens with zero attached hydrogens (tertiary/aromatic N) is 1. The summed E-state index contributed by atoms with van der Waals surface area (Å²) in [6.45, 7) is 1.63. The van der Waals surface area contributed by atoms with Crippen molar-refractivity contribution in [2.24, 2.45) is 5.92 Å². The van der Waals surface area contributed by atoms with Gasteiger partial charge in [-0.3, -0.25) is 9.59 Å². The van der Waals surface area contributed by atoms with Crippen molar-refractivity contribution in [3.63, 3.8) is 0 Å². The van der Waals surface area contributed by atoms with Crippen LogP contribution in [-0.4, -0.2) is 30.1 Å². The molecule has 5 nitrogen and oxygen atoms in total. The number of carbonyl (C=O) groups is 2. The molecule has 2 aliphatic rings. The Morgan fingerprint density at radius 1 is 1.16 bits per heavy atom.